The third-order valence-electron chi connectivity index (χ3n) is 2.19. The van der Waals surface area contributed by atoms with E-state index in [4.69, 9.17) is 4.74 Å². The molecule has 0 aliphatic carbocycles. The zero-order valence-corrected chi connectivity index (χ0v) is 11.1. The molecule has 4 nitrogen and oxygen atoms in total. The molecule has 1 aromatic rings. The van der Waals surface area contributed by atoms with Gasteiger partial charge in [-0.1, -0.05) is 31.7 Å². The van der Waals surface area contributed by atoms with E-state index in [2.05, 4.69) is 6.58 Å². The third-order valence-corrected chi connectivity index (χ3v) is 3.91. The minimum Gasteiger partial charge on any atom is -0.462 e. The van der Waals surface area contributed by atoms with Crippen molar-refractivity contribution in [3.63, 3.8) is 0 Å². The van der Waals surface area contributed by atoms with Crippen LogP contribution < -0.4 is 0 Å². The fraction of sp³-hybridized carbons (Fsp3) is 0.308. The van der Waals surface area contributed by atoms with Crippen LogP contribution in [0.2, 0.25) is 0 Å². The maximum atomic E-state index is 12.0. The Bertz CT molecular complexity index is 517. The third kappa shape index (κ3) is 4.00. The van der Waals surface area contributed by atoms with Crippen molar-refractivity contribution in [2.75, 3.05) is 12.4 Å². The van der Waals surface area contributed by atoms with Gasteiger partial charge in [0.05, 0.1) is 17.3 Å². The number of hydrogen-bond donors (Lipinski definition) is 0. The Kier molecular flexibility index (Phi) is 5.09. The maximum absolute atomic E-state index is 12.0. The normalized spacial score (nSPS) is 10.9. The van der Waals surface area contributed by atoms with Gasteiger partial charge in [0, 0.05) is 5.57 Å². The van der Waals surface area contributed by atoms with Crippen molar-refractivity contribution in [1.82, 2.24) is 0 Å². The van der Waals surface area contributed by atoms with Gasteiger partial charge in [0.1, 0.15) is 0 Å². The zero-order chi connectivity index (χ0) is 13.6. The first-order chi connectivity index (χ1) is 8.47. The molecule has 0 bridgehead atoms. The first-order valence-electron chi connectivity index (χ1n) is 5.60. The van der Waals surface area contributed by atoms with E-state index in [1.165, 1.54) is 12.1 Å². The van der Waals surface area contributed by atoms with Gasteiger partial charge in [0.2, 0.25) is 0 Å². The quantitative estimate of drug-likeness (QED) is 0.584. The van der Waals surface area contributed by atoms with E-state index in [9.17, 15) is 13.2 Å². The summed E-state index contributed by atoms with van der Waals surface area (Å²) in [7, 11) is -3.53. The number of esters is 1. The molecule has 0 radical (unpaired) electrons. The van der Waals surface area contributed by atoms with Crippen molar-refractivity contribution in [2.45, 2.75) is 18.2 Å². The maximum Gasteiger partial charge on any atom is 0.334 e. The highest BCUT2D eigenvalue weighted by Gasteiger charge is 2.20. The highest BCUT2D eigenvalue weighted by atomic mass is 32.2. The summed E-state index contributed by atoms with van der Waals surface area (Å²) in [6, 6.07) is 7.96. The molecule has 0 aliphatic rings. The molecule has 0 N–H and O–H groups in total. The number of sulfone groups is 1. The molecule has 0 unspecified atom stereocenters. The van der Waals surface area contributed by atoms with E-state index in [-0.39, 0.29) is 17.1 Å². The van der Waals surface area contributed by atoms with Crippen molar-refractivity contribution in [2.24, 2.45) is 0 Å². The van der Waals surface area contributed by atoms with Crippen LogP contribution in [-0.4, -0.2) is 26.7 Å². The van der Waals surface area contributed by atoms with Gasteiger partial charge in [-0.25, -0.2) is 13.2 Å². The minimum absolute atomic E-state index is 0.0488. The first-order valence-corrected chi connectivity index (χ1v) is 7.25. The molecule has 98 valence electrons. The van der Waals surface area contributed by atoms with Crippen molar-refractivity contribution in [1.29, 1.82) is 0 Å². The predicted octanol–water partition coefficient (Wildman–Crippen LogP) is 1.97. The van der Waals surface area contributed by atoms with Crippen LogP contribution >= 0.6 is 0 Å². The average molecular weight is 268 g/mol. The van der Waals surface area contributed by atoms with E-state index in [0.717, 1.165) is 0 Å². The fourth-order valence-electron chi connectivity index (χ4n) is 1.30. The van der Waals surface area contributed by atoms with Crippen LogP contribution in [0.5, 0.6) is 0 Å². The van der Waals surface area contributed by atoms with Crippen molar-refractivity contribution in [3.05, 3.63) is 42.5 Å². The van der Waals surface area contributed by atoms with Crippen molar-refractivity contribution < 1.29 is 17.9 Å². The SMILES string of the molecule is C=C(CS(=O)(=O)c1ccccc1)C(=O)OCCC. The monoisotopic (exact) mass is 268 g/mol. The molecule has 0 saturated carbocycles. The summed E-state index contributed by atoms with van der Waals surface area (Å²) in [5.74, 6) is -1.07. The molecule has 0 heterocycles. The molecule has 18 heavy (non-hydrogen) atoms. The van der Waals surface area contributed by atoms with Crippen molar-refractivity contribution >= 4 is 15.8 Å². The van der Waals surface area contributed by atoms with Gasteiger partial charge < -0.3 is 4.74 Å². The molecule has 0 fully saturated rings. The van der Waals surface area contributed by atoms with Crippen LogP contribution in [0.3, 0.4) is 0 Å². The number of rotatable bonds is 6. The summed E-state index contributed by atoms with van der Waals surface area (Å²) in [6.07, 6.45) is 0.685. The number of carbonyl (C=O) groups is 1. The molecular weight excluding hydrogens is 252 g/mol. The van der Waals surface area contributed by atoms with E-state index >= 15 is 0 Å². The number of ether oxygens (including phenoxy) is 1. The Morgan fingerprint density at radius 1 is 1.28 bits per heavy atom. The lowest BCUT2D eigenvalue weighted by molar-refractivity contribution is -0.138. The number of carbonyl (C=O) groups excluding carboxylic acids is 1. The molecule has 0 aliphatic heterocycles. The van der Waals surface area contributed by atoms with Crippen LogP contribution in [-0.2, 0) is 19.4 Å². The highest BCUT2D eigenvalue weighted by molar-refractivity contribution is 7.91. The molecule has 0 aromatic heterocycles. The smallest absolute Gasteiger partial charge is 0.334 e. The molecule has 1 rings (SSSR count). The summed E-state index contributed by atoms with van der Waals surface area (Å²) in [6.45, 7) is 5.59. The summed E-state index contributed by atoms with van der Waals surface area (Å²) < 4.78 is 28.7. The topological polar surface area (TPSA) is 60.4 Å². The van der Waals surface area contributed by atoms with E-state index < -0.39 is 21.6 Å². The Labute approximate surface area is 107 Å². The van der Waals surface area contributed by atoms with Gasteiger partial charge in [0.25, 0.3) is 0 Å². The largest absolute Gasteiger partial charge is 0.462 e. The first kappa shape index (κ1) is 14.4. The van der Waals surface area contributed by atoms with Gasteiger partial charge in [-0.05, 0) is 18.6 Å². The number of hydrogen-bond acceptors (Lipinski definition) is 4. The predicted molar refractivity (Wildman–Crippen MR) is 68.9 cm³/mol. The van der Waals surface area contributed by atoms with Crippen molar-refractivity contribution in [3.8, 4) is 0 Å². The van der Waals surface area contributed by atoms with Gasteiger partial charge >= 0.3 is 5.97 Å². The Balaban J connectivity index is 2.73. The van der Waals surface area contributed by atoms with E-state index in [1.807, 2.05) is 6.92 Å². The molecule has 0 amide bonds. The molecule has 1 aromatic carbocycles. The second-order valence-electron chi connectivity index (χ2n) is 3.81. The summed E-state index contributed by atoms with van der Waals surface area (Å²) in [4.78, 5) is 11.6. The van der Waals surface area contributed by atoms with Gasteiger partial charge in [-0.2, -0.15) is 0 Å². The van der Waals surface area contributed by atoms with Gasteiger partial charge in [-0.3, -0.25) is 0 Å². The zero-order valence-electron chi connectivity index (χ0n) is 10.3. The molecule has 0 atom stereocenters. The lowest BCUT2D eigenvalue weighted by Gasteiger charge is -2.07. The van der Waals surface area contributed by atoms with Crippen LogP contribution in [0.25, 0.3) is 0 Å². The average Bonchev–Trinajstić information content (AvgIpc) is 2.36. The Morgan fingerprint density at radius 3 is 2.44 bits per heavy atom. The number of benzene rings is 1. The van der Waals surface area contributed by atoms with Gasteiger partial charge in [0.15, 0.2) is 9.84 Å². The minimum atomic E-state index is -3.53. The second-order valence-corrected chi connectivity index (χ2v) is 5.80. The standard InChI is InChI=1S/C13H16O4S/c1-3-9-17-13(14)11(2)10-18(15,16)12-7-5-4-6-8-12/h4-8H,2-3,9-10H2,1H3. The van der Waals surface area contributed by atoms with E-state index in [1.54, 1.807) is 18.2 Å². The van der Waals surface area contributed by atoms with Crippen LogP contribution in [0.1, 0.15) is 13.3 Å². The summed E-state index contributed by atoms with van der Waals surface area (Å²) >= 11 is 0. The lowest BCUT2D eigenvalue weighted by atomic mass is 10.3. The van der Waals surface area contributed by atoms with Gasteiger partial charge in [-0.15, -0.1) is 0 Å². The second kappa shape index (κ2) is 6.35. The lowest BCUT2D eigenvalue weighted by Crippen LogP contribution is -2.16. The summed E-state index contributed by atoms with van der Waals surface area (Å²) in [5.41, 5.74) is -0.0488. The summed E-state index contributed by atoms with van der Waals surface area (Å²) in [5, 5.41) is 0. The molecular formula is C13H16O4S. The molecule has 5 heteroatoms. The van der Waals surface area contributed by atoms with E-state index in [0.29, 0.717) is 6.42 Å². The van der Waals surface area contributed by atoms with Crippen LogP contribution in [0.4, 0.5) is 0 Å². The Hall–Kier alpha value is -1.62. The molecule has 0 saturated heterocycles. The molecule has 0 spiro atoms. The Morgan fingerprint density at radius 2 is 1.89 bits per heavy atom. The van der Waals surface area contributed by atoms with Crippen LogP contribution in [0.15, 0.2) is 47.4 Å². The fourth-order valence-corrected chi connectivity index (χ4v) is 2.61. The van der Waals surface area contributed by atoms with Crippen LogP contribution in [0, 0.1) is 0 Å². The highest BCUT2D eigenvalue weighted by Crippen LogP contribution is 2.13.